The fourth-order valence-corrected chi connectivity index (χ4v) is 9.79. The van der Waals surface area contributed by atoms with E-state index in [1.54, 1.807) is 0 Å². The third-order valence-electron chi connectivity index (χ3n) is 13.1. The minimum atomic E-state index is 0.225. The van der Waals surface area contributed by atoms with E-state index in [0.717, 1.165) is 39.2 Å². The van der Waals surface area contributed by atoms with Crippen molar-refractivity contribution in [2.24, 2.45) is 0 Å². The van der Waals surface area contributed by atoms with Gasteiger partial charge in [-0.25, -0.2) is 9.97 Å². The smallest absolute Gasteiger partial charge is 0.160 e. The van der Waals surface area contributed by atoms with Gasteiger partial charge in [-0.15, -0.1) is 0 Å². The molecule has 0 N–H and O–H groups in total. The molecule has 3 nitrogen and oxygen atoms in total. The average molecular weight is 830 g/mol. The van der Waals surface area contributed by atoms with E-state index in [-0.39, 0.29) is 6.04 Å². The third-order valence-corrected chi connectivity index (χ3v) is 13.1. The van der Waals surface area contributed by atoms with Crippen molar-refractivity contribution >= 4 is 22.1 Å². The van der Waals surface area contributed by atoms with Gasteiger partial charge in [0.05, 0.1) is 23.1 Å². The summed E-state index contributed by atoms with van der Waals surface area (Å²) in [6.45, 7) is 0. The van der Waals surface area contributed by atoms with Crippen LogP contribution in [-0.2, 0) is 0 Å². The molecule has 2 unspecified atom stereocenters. The Hall–Kier alpha value is -8.40. The molecule has 2 heterocycles. The molecule has 0 amide bonds. The van der Waals surface area contributed by atoms with E-state index >= 15 is 0 Å². The maximum Gasteiger partial charge on any atom is 0.160 e. The maximum absolute atomic E-state index is 5.28. The lowest BCUT2D eigenvalue weighted by atomic mass is 9.90. The van der Waals surface area contributed by atoms with Crippen LogP contribution < -0.4 is 4.90 Å². The monoisotopic (exact) mass is 829 g/mol. The number of rotatable bonds is 8. The molecule has 0 saturated heterocycles. The molecule has 0 bridgehead atoms. The molecule has 0 spiro atoms. The van der Waals surface area contributed by atoms with E-state index in [9.17, 15) is 0 Å². The van der Waals surface area contributed by atoms with Gasteiger partial charge in [0, 0.05) is 33.9 Å². The van der Waals surface area contributed by atoms with Crippen LogP contribution in [-0.4, -0.2) is 16.0 Å². The largest absolute Gasteiger partial charge is 0.333 e. The zero-order valence-electron chi connectivity index (χ0n) is 35.7. The fourth-order valence-electron chi connectivity index (χ4n) is 9.79. The van der Waals surface area contributed by atoms with Crippen LogP contribution in [0.15, 0.2) is 249 Å². The van der Waals surface area contributed by atoms with Gasteiger partial charge in [-0.05, 0) is 73.5 Å². The molecule has 0 fully saturated rings. The summed E-state index contributed by atoms with van der Waals surface area (Å²) in [5.41, 5.74) is 18.1. The highest BCUT2D eigenvalue weighted by Crippen LogP contribution is 2.51. The summed E-state index contributed by atoms with van der Waals surface area (Å²) in [6.07, 6.45) is 9.04. The second kappa shape index (κ2) is 16.4. The maximum atomic E-state index is 5.28. The minimum absolute atomic E-state index is 0.225. The Labute approximate surface area is 380 Å². The summed E-state index contributed by atoms with van der Waals surface area (Å²) in [7, 11) is 0. The number of fused-ring (bicyclic) bond motifs is 4. The van der Waals surface area contributed by atoms with Crippen LogP contribution in [0.4, 0.5) is 11.4 Å². The molecule has 1 aromatic heterocycles. The molecule has 306 valence electrons. The van der Waals surface area contributed by atoms with Crippen molar-refractivity contribution in [1.29, 1.82) is 0 Å². The molecular formula is C62H43N3. The van der Waals surface area contributed by atoms with Crippen molar-refractivity contribution < 1.29 is 0 Å². The second-order valence-corrected chi connectivity index (χ2v) is 16.9. The number of hydrogen-bond acceptors (Lipinski definition) is 3. The summed E-state index contributed by atoms with van der Waals surface area (Å²) >= 11 is 0. The Balaban J connectivity index is 0.915. The van der Waals surface area contributed by atoms with Gasteiger partial charge < -0.3 is 4.90 Å². The summed E-state index contributed by atoms with van der Waals surface area (Å²) in [6, 6.07) is 80.7. The second-order valence-electron chi connectivity index (χ2n) is 16.9. The van der Waals surface area contributed by atoms with Gasteiger partial charge in [0.2, 0.25) is 0 Å². The normalized spacial score (nSPS) is 14.9. The predicted octanol–water partition coefficient (Wildman–Crippen LogP) is 16.0. The first-order valence-electron chi connectivity index (χ1n) is 22.4. The molecule has 65 heavy (non-hydrogen) atoms. The quantitative estimate of drug-likeness (QED) is 0.153. The van der Waals surface area contributed by atoms with Gasteiger partial charge in [-0.2, -0.15) is 0 Å². The summed E-state index contributed by atoms with van der Waals surface area (Å²) in [4.78, 5) is 13.1. The van der Waals surface area contributed by atoms with E-state index in [0.29, 0.717) is 11.7 Å². The molecule has 9 aromatic carbocycles. The van der Waals surface area contributed by atoms with Crippen LogP contribution in [0.5, 0.6) is 0 Å². The highest BCUT2D eigenvalue weighted by Gasteiger charge is 2.38. The average Bonchev–Trinajstić information content (AvgIpc) is 3.74. The lowest BCUT2D eigenvalue weighted by Crippen LogP contribution is -2.28. The number of hydrogen-bond donors (Lipinski definition) is 0. The van der Waals surface area contributed by atoms with Crippen LogP contribution in [0.25, 0.3) is 89.2 Å². The molecule has 10 aromatic rings. The first-order chi connectivity index (χ1) is 32.2. The number of benzene rings is 9. The number of aromatic nitrogens is 2. The highest BCUT2D eigenvalue weighted by molar-refractivity contribution is 5.97. The Morgan fingerprint density at radius 3 is 1.49 bits per heavy atom. The third kappa shape index (κ3) is 7.14. The zero-order valence-corrected chi connectivity index (χ0v) is 35.7. The predicted molar refractivity (Wildman–Crippen MR) is 271 cm³/mol. The van der Waals surface area contributed by atoms with Gasteiger partial charge in [0.25, 0.3) is 0 Å². The van der Waals surface area contributed by atoms with Crippen LogP contribution in [0.2, 0.25) is 0 Å². The van der Waals surface area contributed by atoms with Crippen LogP contribution in [0.3, 0.4) is 0 Å². The number of anilines is 2. The van der Waals surface area contributed by atoms with E-state index in [1.807, 2.05) is 0 Å². The summed E-state index contributed by atoms with van der Waals surface area (Å²) in [5.74, 6) is 0.979. The van der Waals surface area contributed by atoms with E-state index in [1.165, 1.54) is 61.1 Å². The van der Waals surface area contributed by atoms with Crippen LogP contribution in [0, 0.1) is 0 Å². The van der Waals surface area contributed by atoms with Crippen molar-refractivity contribution in [2.45, 2.75) is 12.0 Å². The van der Waals surface area contributed by atoms with Crippen molar-refractivity contribution in [3.05, 3.63) is 254 Å². The Kier molecular flexibility index (Phi) is 9.65. The van der Waals surface area contributed by atoms with Crippen molar-refractivity contribution in [3.63, 3.8) is 0 Å². The number of para-hydroxylation sites is 2. The molecule has 2 atom stereocenters. The van der Waals surface area contributed by atoms with Crippen molar-refractivity contribution in [1.82, 2.24) is 9.97 Å². The van der Waals surface area contributed by atoms with Crippen molar-refractivity contribution in [3.8, 4) is 78.4 Å². The lowest BCUT2D eigenvalue weighted by Gasteiger charge is -2.29. The van der Waals surface area contributed by atoms with Gasteiger partial charge >= 0.3 is 0 Å². The summed E-state index contributed by atoms with van der Waals surface area (Å²) in [5, 5.41) is 2.48. The molecule has 0 saturated carbocycles. The van der Waals surface area contributed by atoms with Gasteiger partial charge in [0.1, 0.15) is 0 Å². The molecule has 3 heteroatoms. The Morgan fingerprint density at radius 2 is 0.831 bits per heavy atom. The van der Waals surface area contributed by atoms with E-state index in [4.69, 9.17) is 9.97 Å². The summed E-state index contributed by atoms with van der Waals surface area (Å²) < 4.78 is 0. The van der Waals surface area contributed by atoms with Crippen LogP contribution >= 0.6 is 0 Å². The lowest BCUT2D eigenvalue weighted by molar-refractivity contribution is 0.745. The fraction of sp³-hybridized carbons (Fsp3) is 0.0323. The molecule has 0 radical (unpaired) electrons. The molecule has 1 aliphatic carbocycles. The standard InChI is InChI=1S/C62H43N3/c1-3-13-42(14-4-1)43-25-27-44(28-26-43)45-29-35-49(36-30-45)58-41-59(50-37-31-47(32-38-50)54-21-11-16-46-15-7-8-19-53(46)54)64-62(63-58)51-39-33-48(34-40-51)55-22-12-23-57-56-20-9-10-24-60(56)65(61(55)57)52-17-5-2-6-18-52/h1-41,56,60H. The van der Waals surface area contributed by atoms with Gasteiger partial charge in [0.15, 0.2) is 5.82 Å². The Morgan fingerprint density at radius 1 is 0.354 bits per heavy atom. The van der Waals surface area contributed by atoms with Gasteiger partial charge in [-0.1, -0.05) is 231 Å². The number of nitrogens with zero attached hydrogens (tertiary/aromatic N) is 3. The zero-order chi connectivity index (χ0) is 43.1. The van der Waals surface area contributed by atoms with Gasteiger partial charge in [-0.3, -0.25) is 0 Å². The Bertz CT molecular complexity index is 3380. The number of allylic oxidation sites excluding steroid dienone is 2. The van der Waals surface area contributed by atoms with Crippen molar-refractivity contribution in [2.75, 3.05) is 4.90 Å². The molecule has 1 aliphatic heterocycles. The molecule has 2 aliphatic rings. The van der Waals surface area contributed by atoms with Crippen LogP contribution in [0.1, 0.15) is 11.5 Å². The SMILES string of the molecule is C1=CC2c3cccc(-c4ccc(-c5nc(-c6ccc(-c7ccc(-c8ccccc8)cc7)cc6)cc(-c6ccc(-c7cccc8ccccc78)cc6)n5)cc4)c3N(c3ccccc3)C2C=C1. The molecular weight excluding hydrogens is 787 g/mol. The molecule has 12 rings (SSSR count). The van der Waals surface area contributed by atoms with E-state index in [2.05, 4.69) is 254 Å². The highest BCUT2D eigenvalue weighted by atomic mass is 15.2. The topological polar surface area (TPSA) is 29.0 Å². The first-order valence-corrected chi connectivity index (χ1v) is 22.4. The van der Waals surface area contributed by atoms with E-state index < -0.39 is 0 Å². The first kappa shape index (κ1) is 38.3. The minimum Gasteiger partial charge on any atom is -0.333 e.